The summed E-state index contributed by atoms with van der Waals surface area (Å²) in [5.41, 5.74) is 0.495. The van der Waals surface area contributed by atoms with Gasteiger partial charge < -0.3 is 9.47 Å². The average molecular weight is 228 g/mol. The fourth-order valence-corrected chi connectivity index (χ4v) is 0.980. The first-order chi connectivity index (χ1) is 7.40. The maximum absolute atomic E-state index is 11.7. The van der Waals surface area contributed by atoms with Crippen molar-refractivity contribution in [1.82, 2.24) is 0 Å². The van der Waals surface area contributed by atoms with Crippen LogP contribution in [0, 0.1) is 5.41 Å². The Morgan fingerprint density at radius 2 is 1.94 bits per heavy atom. The van der Waals surface area contributed by atoms with Crippen molar-refractivity contribution < 1.29 is 14.3 Å². The second-order valence-electron chi connectivity index (χ2n) is 4.88. The Labute approximate surface area is 98.8 Å². The molecule has 0 spiro atoms. The topological polar surface area (TPSA) is 35.5 Å². The van der Waals surface area contributed by atoms with Gasteiger partial charge in [-0.25, -0.2) is 0 Å². The first-order valence-electron chi connectivity index (χ1n) is 5.82. The standard InChI is InChI=1S/C13H24O3/c1-6-7-8-16-12(14)13(4,5)10-15-9-11(2)3/h9H,6-8,10H2,1-5H3. The molecule has 0 bridgehead atoms. The number of ether oxygens (including phenoxy) is 2. The fraction of sp³-hybridized carbons (Fsp3) is 0.769. The lowest BCUT2D eigenvalue weighted by Crippen LogP contribution is -2.31. The predicted molar refractivity (Wildman–Crippen MR) is 65.0 cm³/mol. The Hall–Kier alpha value is -0.990. The number of carbonyl (C=O) groups is 1. The van der Waals surface area contributed by atoms with E-state index in [4.69, 9.17) is 9.47 Å². The van der Waals surface area contributed by atoms with Crippen LogP contribution in [0.5, 0.6) is 0 Å². The minimum absolute atomic E-state index is 0.192. The molecule has 0 aromatic rings. The van der Waals surface area contributed by atoms with Crippen LogP contribution in [0.25, 0.3) is 0 Å². The van der Waals surface area contributed by atoms with E-state index in [-0.39, 0.29) is 5.97 Å². The van der Waals surface area contributed by atoms with Crippen LogP contribution in [0.3, 0.4) is 0 Å². The number of hydrogen-bond acceptors (Lipinski definition) is 3. The van der Waals surface area contributed by atoms with Crippen LogP contribution in [-0.4, -0.2) is 19.2 Å². The van der Waals surface area contributed by atoms with E-state index in [0.717, 1.165) is 18.4 Å². The molecule has 0 fully saturated rings. The summed E-state index contributed by atoms with van der Waals surface area (Å²) < 4.78 is 10.5. The zero-order valence-electron chi connectivity index (χ0n) is 11.1. The molecule has 94 valence electrons. The predicted octanol–water partition coefficient (Wildman–Crippen LogP) is 3.30. The first kappa shape index (κ1) is 15.0. The van der Waals surface area contributed by atoms with E-state index in [2.05, 4.69) is 6.92 Å². The van der Waals surface area contributed by atoms with Crippen LogP contribution in [0.4, 0.5) is 0 Å². The third-order valence-electron chi connectivity index (χ3n) is 2.05. The van der Waals surface area contributed by atoms with Gasteiger partial charge in [0.25, 0.3) is 0 Å². The molecule has 0 amide bonds. The highest BCUT2D eigenvalue weighted by Gasteiger charge is 2.29. The third kappa shape index (κ3) is 6.49. The Morgan fingerprint density at radius 3 is 2.44 bits per heavy atom. The van der Waals surface area contributed by atoms with Crippen LogP contribution in [0.1, 0.15) is 47.5 Å². The average Bonchev–Trinajstić information content (AvgIpc) is 2.17. The molecule has 0 rings (SSSR count). The highest BCUT2D eigenvalue weighted by molar-refractivity contribution is 5.76. The van der Waals surface area contributed by atoms with Crippen molar-refractivity contribution in [2.75, 3.05) is 13.2 Å². The molecule has 3 heteroatoms. The van der Waals surface area contributed by atoms with Gasteiger partial charge in [0, 0.05) is 0 Å². The molecule has 0 aliphatic carbocycles. The van der Waals surface area contributed by atoms with E-state index in [1.165, 1.54) is 0 Å². The summed E-state index contributed by atoms with van der Waals surface area (Å²) in [6, 6.07) is 0. The monoisotopic (exact) mass is 228 g/mol. The van der Waals surface area contributed by atoms with Gasteiger partial charge in [-0.15, -0.1) is 0 Å². The lowest BCUT2D eigenvalue weighted by molar-refractivity contribution is -0.156. The van der Waals surface area contributed by atoms with Crippen LogP contribution in [-0.2, 0) is 14.3 Å². The number of carbonyl (C=O) groups excluding carboxylic acids is 1. The summed E-state index contributed by atoms with van der Waals surface area (Å²) in [4.78, 5) is 11.7. The van der Waals surface area contributed by atoms with Crippen LogP contribution in [0.15, 0.2) is 11.8 Å². The summed E-state index contributed by atoms with van der Waals surface area (Å²) in [6.07, 6.45) is 3.61. The van der Waals surface area contributed by atoms with Gasteiger partial charge >= 0.3 is 5.97 Å². The van der Waals surface area contributed by atoms with Gasteiger partial charge in [0.1, 0.15) is 6.61 Å². The van der Waals surface area contributed by atoms with Crippen LogP contribution in [0.2, 0.25) is 0 Å². The second kappa shape index (κ2) is 7.31. The molecule has 0 saturated heterocycles. The van der Waals surface area contributed by atoms with Crippen molar-refractivity contribution in [2.45, 2.75) is 47.5 Å². The molecule has 0 aliphatic rings. The lowest BCUT2D eigenvalue weighted by atomic mass is 9.95. The molecule has 0 atom stereocenters. The van der Waals surface area contributed by atoms with Gasteiger partial charge in [-0.1, -0.05) is 13.3 Å². The Bertz CT molecular complexity index is 238. The van der Waals surface area contributed by atoms with Crippen molar-refractivity contribution in [3.8, 4) is 0 Å². The van der Waals surface area contributed by atoms with Gasteiger partial charge in [-0.2, -0.15) is 0 Å². The zero-order chi connectivity index (χ0) is 12.6. The van der Waals surface area contributed by atoms with Crippen LogP contribution < -0.4 is 0 Å². The molecule has 0 unspecified atom stereocenters. The zero-order valence-corrected chi connectivity index (χ0v) is 11.1. The number of hydrogen-bond donors (Lipinski definition) is 0. The van der Waals surface area contributed by atoms with Crippen molar-refractivity contribution in [2.24, 2.45) is 5.41 Å². The molecule has 0 aliphatic heterocycles. The van der Waals surface area contributed by atoms with E-state index in [9.17, 15) is 4.79 Å². The minimum Gasteiger partial charge on any atom is -0.500 e. The Balaban J connectivity index is 4.00. The fourth-order valence-electron chi connectivity index (χ4n) is 0.980. The van der Waals surface area contributed by atoms with Gasteiger partial charge in [0.2, 0.25) is 0 Å². The summed E-state index contributed by atoms with van der Waals surface area (Å²) in [6.45, 7) is 10.5. The quantitative estimate of drug-likeness (QED) is 0.381. The number of unbranched alkanes of at least 4 members (excludes halogenated alkanes) is 1. The molecule has 0 saturated carbocycles. The number of esters is 1. The second-order valence-corrected chi connectivity index (χ2v) is 4.88. The summed E-state index contributed by atoms with van der Waals surface area (Å²) >= 11 is 0. The molecule has 0 aromatic carbocycles. The van der Waals surface area contributed by atoms with E-state index in [0.29, 0.717) is 13.2 Å². The molecule has 16 heavy (non-hydrogen) atoms. The van der Waals surface area contributed by atoms with Gasteiger partial charge in [0.05, 0.1) is 18.3 Å². The largest absolute Gasteiger partial charge is 0.500 e. The smallest absolute Gasteiger partial charge is 0.314 e. The van der Waals surface area contributed by atoms with E-state index in [1.807, 2.05) is 27.7 Å². The van der Waals surface area contributed by atoms with Crippen LogP contribution >= 0.6 is 0 Å². The maximum Gasteiger partial charge on any atom is 0.314 e. The Morgan fingerprint density at radius 1 is 1.31 bits per heavy atom. The third-order valence-corrected chi connectivity index (χ3v) is 2.05. The number of allylic oxidation sites excluding steroid dienone is 1. The van der Waals surface area contributed by atoms with E-state index < -0.39 is 5.41 Å². The van der Waals surface area contributed by atoms with Gasteiger partial charge in [0.15, 0.2) is 0 Å². The SMILES string of the molecule is CCCCOC(=O)C(C)(C)COC=C(C)C. The van der Waals surface area contributed by atoms with Gasteiger partial charge in [-0.3, -0.25) is 4.79 Å². The minimum atomic E-state index is -0.584. The Kier molecular flexibility index (Phi) is 6.86. The highest BCUT2D eigenvalue weighted by Crippen LogP contribution is 2.18. The molecule has 0 heterocycles. The van der Waals surface area contributed by atoms with Gasteiger partial charge in [-0.05, 0) is 39.7 Å². The summed E-state index contributed by atoms with van der Waals surface area (Å²) in [5, 5.41) is 0. The van der Waals surface area contributed by atoms with Crippen molar-refractivity contribution in [1.29, 1.82) is 0 Å². The lowest BCUT2D eigenvalue weighted by Gasteiger charge is -2.21. The molecular weight excluding hydrogens is 204 g/mol. The molecule has 0 N–H and O–H groups in total. The van der Waals surface area contributed by atoms with Crippen molar-refractivity contribution in [3.63, 3.8) is 0 Å². The summed E-state index contributed by atoms with van der Waals surface area (Å²) in [5.74, 6) is -0.192. The first-order valence-corrected chi connectivity index (χ1v) is 5.82. The number of rotatable bonds is 7. The van der Waals surface area contributed by atoms with E-state index in [1.54, 1.807) is 6.26 Å². The molecule has 0 aromatic heterocycles. The van der Waals surface area contributed by atoms with Crippen molar-refractivity contribution >= 4 is 5.97 Å². The molecule has 0 radical (unpaired) electrons. The van der Waals surface area contributed by atoms with E-state index >= 15 is 0 Å². The maximum atomic E-state index is 11.7. The molecular formula is C13H24O3. The normalized spacial score (nSPS) is 10.8. The molecule has 3 nitrogen and oxygen atoms in total. The summed E-state index contributed by atoms with van der Waals surface area (Å²) in [7, 11) is 0. The highest BCUT2D eigenvalue weighted by atomic mass is 16.5. The van der Waals surface area contributed by atoms with Crippen molar-refractivity contribution in [3.05, 3.63) is 11.8 Å².